The van der Waals surface area contributed by atoms with Crippen LogP contribution in [0.3, 0.4) is 0 Å². The number of hydrogen-bond donors (Lipinski definition) is 2. The Kier molecular flexibility index (Phi) is 3.04. The standard InChI is InChI=1S/C15H20O5/c1-7-6-10-11(8(2)14(18)19-10)12(17)13-15(3,20-13)5-4-9(7)16/h9-13,16-17H,1-2,4-6H2,3H3/t9-,10-,11+,12-,13+,15+/m0/s1. The van der Waals surface area contributed by atoms with Gasteiger partial charge >= 0.3 is 5.97 Å². The van der Waals surface area contributed by atoms with E-state index in [1.54, 1.807) is 0 Å². The molecular weight excluding hydrogens is 260 g/mol. The van der Waals surface area contributed by atoms with E-state index in [4.69, 9.17) is 9.47 Å². The fourth-order valence-corrected chi connectivity index (χ4v) is 3.34. The highest BCUT2D eigenvalue weighted by molar-refractivity contribution is 5.91. The van der Waals surface area contributed by atoms with Gasteiger partial charge in [-0.25, -0.2) is 4.79 Å². The number of aliphatic hydroxyl groups is 2. The molecule has 0 radical (unpaired) electrons. The zero-order valence-corrected chi connectivity index (χ0v) is 11.5. The van der Waals surface area contributed by atoms with Gasteiger partial charge in [-0.15, -0.1) is 0 Å². The highest BCUT2D eigenvalue weighted by Crippen LogP contribution is 2.48. The van der Waals surface area contributed by atoms with E-state index in [2.05, 4.69) is 13.2 Å². The molecule has 1 saturated carbocycles. The van der Waals surface area contributed by atoms with Crippen LogP contribution in [0.25, 0.3) is 0 Å². The Bertz CT molecular complexity index is 485. The molecule has 0 aromatic heterocycles. The molecule has 1 aliphatic carbocycles. The molecule has 0 aromatic rings. The van der Waals surface area contributed by atoms with Crippen LogP contribution in [0, 0.1) is 5.92 Å². The van der Waals surface area contributed by atoms with Gasteiger partial charge in [0.1, 0.15) is 12.2 Å². The third-order valence-corrected chi connectivity index (χ3v) is 4.79. The van der Waals surface area contributed by atoms with Crippen molar-refractivity contribution in [2.45, 2.75) is 56.2 Å². The summed E-state index contributed by atoms with van der Waals surface area (Å²) in [7, 11) is 0. The molecule has 0 bridgehead atoms. The lowest BCUT2D eigenvalue weighted by Crippen LogP contribution is -2.37. The van der Waals surface area contributed by atoms with Crippen molar-refractivity contribution in [2.75, 3.05) is 0 Å². The topological polar surface area (TPSA) is 79.3 Å². The van der Waals surface area contributed by atoms with Gasteiger partial charge in [0.05, 0.1) is 23.7 Å². The molecule has 5 nitrogen and oxygen atoms in total. The maximum atomic E-state index is 11.7. The Morgan fingerprint density at radius 3 is 2.75 bits per heavy atom. The molecule has 0 amide bonds. The minimum atomic E-state index is -0.813. The fraction of sp³-hybridized carbons (Fsp3) is 0.667. The van der Waals surface area contributed by atoms with E-state index < -0.39 is 35.8 Å². The molecule has 3 fully saturated rings. The number of esters is 1. The Morgan fingerprint density at radius 2 is 2.05 bits per heavy atom. The minimum Gasteiger partial charge on any atom is -0.458 e. The fourth-order valence-electron chi connectivity index (χ4n) is 3.34. The number of carbonyl (C=O) groups excluding carboxylic acids is 1. The molecule has 0 spiro atoms. The minimum absolute atomic E-state index is 0.281. The summed E-state index contributed by atoms with van der Waals surface area (Å²) in [6.07, 6.45) is -0.777. The van der Waals surface area contributed by atoms with Crippen LogP contribution in [0.1, 0.15) is 26.2 Å². The van der Waals surface area contributed by atoms with Gasteiger partial charge in [-0.2, -0.15) is 0 Å². The van der Waals surface area contributed by atoms with Crippen LogP contribution in [0.4, 0.5) is 0 Å². The summed E-state index contributed by atoms with van der Waals surface area (Å²) in [5.74, 6) is -0.973. The number of carbonyl (C=O) groups is 1. The average molecular weight is 280 g/mol. The van der Waals surface area contributed by atoms with Crippen LogP contribution in [0.5, 0.6) is 0 Å². The molecule has 5 heteroatoms. The number of ether oxygens (including phenoxy) is 2. The van der Waals surface area contributed by atoms with Gasteiger partial charge in [-0.3, -0.25) is 0 Å². The summed E-state index contributed by atoms with van der Waals surface area (Å²) in [5, 5.41) is 20.6. The second-order valence-corrected chi connectivity index (χ2v) is 6.25. The maximum absolute atomic E-state index is 11.7. The van der Waals surface area contributed by atoms with Gasteiger partial charge in [0.15, 0.2) is 0 Å². The normalized spacial score (nSPS) is 48.4. The van der Waals surface area contributed by atoms with Crippen molar-refractivity contribution in [2.24, 2.45) is 5.92 Å². The monoisotopic (exact) mass is 280 g/mol. The SMILES string of the molecule is C=C1C(=O)O[C@H]2CC(=C)[C@@H](O)CC[C@@]3(C)O[C@@H]3[C@@H](O)[C@H]12. The van der Waals surface area contributed by atoms with E-state index in [-0.39, 0.29) is 11.7 Å². The summed E-state index contributed by atoms with van der Waals surface area (Å²) < 4.78 is 10.9. The first-order valence-electron chi connectivity index (χ1n) is 6.95. The average Bonchev–Trinajstić information content (AvgIpc) is 2.99. The zero-order chi connectivity index (χ0) is 14.7. The van der Waals surface area contributed by atoms with Crippen LogP contribution in [-0.2, 0) is 14.3 Å². The van der Waals surface area contributed by atoms with Crippen LogP contribution in [0.15, 0.2) is 24.3 Å². The van der Waals surface area contributed by atoms with Crippen LogP contribution in [-0.4, -0.2) is 46.2 Å². The van der Waals surface area contributed by atoms with Crippen molar-refractivity contribution in [1.82, 2.24) is 0 Å². The van der Waals surface area contributed by atoms with E-state index in [9.17, 15) is 15.0 Å². The summed E-state index contributed by atoms with van der Waals surface area (Å²) in [5.41, 5.74) is 0.453. The molecule has 3 rings (SSSR count). The number of hydrogen-bond acceptors (Lipinski definition) is 5. The summed E-state index contributed by atoms with van der Waals surface area (Å²) in [6, 6.07) is 0. The van der Waals surface area contributed by atoms with Gasteiger partial charge in [0, 0.05) is 12.0 Å². The van der Waals surface area contributed by atoms with E-state index in [0.29, 0.717) is 24.8 Å². The Labute approximate surface area is 117 Å². The molecule has 2 saturated heterocycles. The van der Waals surface area contributed by atoms with Gasteiger partial charge < -0.3 is 19.7 Å². The molecule has 2 heterocycles. The molecule has 2 aliphatic heterocycles. The lowest BCUT2D eigenvalue weighted by molar-refractivity contribution is -0.139. The lowest BCUT2D eigenvalue weighted by Gasteiger charge is -2.26. The van der Waals surface area contributed by atoms with Crippen molar-refractivity contribution in [3.63, 3.8) is 0 Å². The quantitative estimate of drug-likeness (QED) is 0.295. The third-order valence-electron chi connectivity index (χ3n) is 4.79. The second-order valence-electron chi connectivity index (χ2n) is 6.25. The molecule has 20 heavy (non-hydrogen) atoms. The number of fused-ring (bicyclic) bond motifs is 2. The highest BCUT2D eigenvalue weighted by atomic mass is 16.6. The Hall–Kier alpha value is -1.17. The number of rotatable bonds is 0. The predicted octanol–water partition coefficient (Wildman–Crippen LogP) is 0.704. The van der Waals surface area contributed by atoms with Gasteiger partial charge in [-0.05, 0) is 25.3 Å². The first-order chi connectivity index (χ1) is 9.33. The molecule has 110 valence electrons. The van der Waals surface area contributed by atoms with E-state index in [0.717, 1.165) is 0 Å². The van der Waals surface area contributed by atoms with Crippen molar-refractivity contribution < 1.29 is 24.5 Å². The zero-order valence-electron chi connectivity index (χ0n) is 11.5. The van der Waals surface area contributed by atoms with Crippen LogP contribution < -0.4 is 0 Å². The molecule has 0 unspecified atom stereocenters. The molecular formula is C15H20O5. The Balaban J connectivity index is 1.91. The van der Waals surface area contributed by atoms with Gasteiger partial charge in [0.25, 0.3) is 0 Å². The molecule has 6 atom stereocenters. The van der Waals surface area contributed by atoms with Crippen molar-refractivity contribution in [3.05, 3.63) is 24.3 Å². The first kappa shape index (κ1) is 13.8. The highest BCUT2D eigenvalue weighted by Gasteiger charge is 2.60. The smallest absolute Gasteiger partial charge is 0.334 e. The van der Waals surface area contributed by atoms with Crippen molar-refractivity contribution in [1.29, 1.82) is 0 Å². The second kappa shape index (κ2) is 4.41. The largest absolute Gasteiger partial charge is 0.458 e. The molecule has 0 aromatic carbocycles. The lowest BCUT2D eigenvalue weighted by atomic mass is 9.80. The van der Waals surface area contributed by atoms with E-state index in [1.807, 2.05) is 6.92 Å². The Morgan fingerprint density at radius 1 is 1.35 bits per heavy atom. The van der Waals surface area contributed by atoms with Crippen LogP contribution >= 0.6 is 0 Å². The summed E-state index contributed by atoms with van der Waals surface area (Å²) in [4.78, 5) is 11.7. The van der Waals surface area contributed by atoms with Crippen LogP contribution in [0.2, 0.25) is 0 Å². The number of aliphatic hydroxyl groups excluding tert-OH is 2. The van der Waals surface area contributed by atoms with Gasteiger partial charge in [-0.1, -0.05) is 13.2 Å². The predicted molar refractivity (Wildman–Crippen MR) is 70.8 cm³/mol. The van der Waals surface area contributed by atoms with E-state index >= 15 is 0 Å². The summed E-state index contributed by atoms with van der Waals surface area (Å²) >= 11 is 0. The summed E-state index contributed by atoms with van der Waals surface area (Å²) in [6.45, 7) is 9.52. The maximum Gasteiger partial charge on any atom is 0.334 e. The molecule has 3 aliphatic rings. The first-order valence-corrected chi connectivity index (χ1v) is 6.95. The third kappa shape index (κ3) is 2.01. The molecule has 2 N–H and O–H groups in total. The van der Waals surface area contributed by atoms with E-state index in [1.165, 1.54) is 0 Å². The van der Waals surface area contributed by atoms with Gasteiger partial charge in [0.2, 0.25) is 0 Å². The number of epoxide rings is 1. The van der Waals surface area contributed by atoms with Crippen molar-refractivity contribution in [3.8, 4) is 0 Å². The van der Waals surface area contributed by atoms with Crippen molar-refractivity contribution >= 4 is 5.97 Å².